The Balaban J connectivity index is 1.86. The molecule has 0 unspecified atom stereocenters. The molecule has 0 saturated heterocycles. The standard InChI is InChI=1S/C16H15N5O2/c1-20-14-12(13(19-20)15(18)22)6-7-21(16(14)23)9-11-4-2-10(8-17)3-5-11/h2-5H,6-7,9H2,1H3,(H2,18,22). The molecule has 0 radical (unpaired) electrons. The smallest absolute Gasteiger partial charge is 0.272 e. The van der Waals surface area contributed by atoms with Crippen molar-refractivity contribution in [3.05, 3.63) is 52.3 Å². The van der Waals surface area contributed by atoms with E-state index in [1.165, 1.54) is 4.68 Å². The number of carbonyl (C=O) groups is 2. The summed E-state index contributed by atoms with van der Waals surface area (Å²) in [6, 6.07) is 9.18. The van der Waals surface area contributed by atoms with E-state index >= 15 is 0 Å². The highest BCUT2D eigenvalue weighted by molar-refractivity contribution is 6.00. The number of primary amides is 1. The third-order valence-corrected chi connectivity index (χ3v) is 3.96. The van der Waals surface area contributed by atoms with Gasteiger partial charge in [0.1, 0.15) is 5.69 Å². The van der Waals surface area contributed by atoms with E-state index in [0.29, 0.717) is 36.3 Å². The quantitative estimate of drug-likeness (QED) is 0.895. The van der Waals surface area contributed by atoms with Crippen LogP contribution in [-0.2, 0) is 20.0 Å². The topological polar surface area (TPSA) is 105 Å². The Kier molecular flexibility index (Phi) is 3.58. The lowest BCUT2D eigenvalue weighted by Crippen LogP contribution is -2.38. The molecule has 0 aliphatic carbocycles. The van der Waals surface area contributed by atoms with E-state index in [1.54, 1.807) is 24.1 Å². The number of benzene rings is 1. The molecular formula is C16H15N5O2. The summed E-state index contributed by atoms with van der Waals surface area (Å²) in [5.74, 6) is -0.784. The average molecular weight is 309 g/mol. The highest BCUT2D eigenvalue weighted by Gasteiger charge is 2.32. The molecule has 0 atom stereocenters. The van der Waals surface area contributed by atoms with E-state index in [4.69, 9.17) is 11.0 Å². The zero-order chi connectivity index (χ0) is 16.6. The third kappa shape index (κ3) is 2.55. The summed E-state index contributed by atoms with van der Waals surface area (Å²) in [7, 11) is 1.63. The Morgan fingerprint density at radius 3 is 2.70 bits per heavy atom. The number of aryl methyl sites for hydroxylation is 1. The molecule has 1 aromatic carbocycles. The lowest BCUT2D eigenvalue weighted by Gasteiger charge is -2.27. The van der Waals surface area contributed by atoms with Gasteiger partial charge in [-0.25, -0.2) is 0 Å². The molecular weight excluding hydrogens is 294 g/mol. The van der Waals surface area contributed by atoms with Crippen LogP contribution in [0.2, 0.25) is 0 Å². The Bertz CT molecular complexity index is 829. The zero-order valence-corrected chi connectivity index (χ0v) is 12.6. The van der Waals surface area contributed by atoms with Gasteiger partial charge in [-0.2, -0.15) is 10.4 Å². The van der Waals surface area contributed by atoms with Crippen molar-refractivity contribution in [1.82, 2.24) is 14.7 Å². The molecule has 2 amide bonds. The van der Waals surface area contributed by atoms with Crippen LogP contribution in [-0.4, -0.2) is 33.0 Å². The van der Waals surface area contributed by atoms with Crippen LogP contribution in [0.3, 0.4) is 0 Å². The van der Waals surface area contributed by atoms with Gasteiger partial charge in [-0.1, -0.05) is 12.1 Å². The maximum absolute atomic E-state index is 12.7. The number of hydrogen-bond donors (Lipinski definition) is 1. The van der Waals surface area contributed by atoms with Crippen LogP contribution in [0.5, 0.6) is 0 Å². The van der Waals surface area contributed by atoms with Gasteiger partial charge in [-0.05, 0) is 24.1 Å². The predicted octanol–water partition coefficient (Wildman–Crippen LogP) is 0.589. The first kappa shape index (κ1) is 14.8. The average Bonchev–Trinajstić information content (AvgIpc) is 2.88. The Hall–Kier alpha value is -3.14. The predicted molar refractivity (Wildman–Crippen MR) is 81.3 cm³/mol. The number of nitriles is 1. The maximum Gasteiger partial charge on any atom is 0.272 e. The minimum atomic E-state index is -0.616. The van der Waals surface area contributed by atoms with Crippen LogP contribution in [0.1, 0.15) is 37.7 Å². The van der Waals surface area contributed by atoms with Gasteiger partial charge in [0.25, 0.3) is 11.8 Å². The maximum atomic E-state index is 12.7. The second-order valence-corrected chi connectivity index (χ2v) is 5.45. The largest absolute Gasteiger partial charge is 0.364 e. The first-order valence-electron chi connectivity index (χ1n) is 7.15. The van der Waals surface area contributed by atoms with Gasteiger partial charge in [0.2, 0.25) is 0 Å². The first-order valence-corrected chi connectivity index (χ1v) is 7.15. The van der Waals surface area contributed by atoms with Gasteiger partial charge in [0.15, 0.2) is 5.69 Å². The Morgan fingerprint density at radius 2 is 2.09 bits per heavy atom. The lowest BCUT2D eigenvalue weighted by molar-refractivity contribution is 0.0715. The SMILES string of the molecule is Cn1nc(C(N)=O)c2c1C(=O)N(Cc1ccc(C#N)cc1)CC2. The van der Waals surface area contributed by atoms with Crippen molar-refractivity contribution in [2.45, 2.75) is 13.0 Å². The molecule has 3 rings (SSSR count). The number of aromatic nitrogens is 2. The summed E-state index contributed by atoms with van der Waals surface area (Å²) >= 11 is 0. The van der Waals surface area contributed by atoms with Gasteiger partial charge >= 0.3 is 0 Å². The number of rotatable bonds is 3. The number of hydrogen-bond acceptors (Lipinski definition) is 4. The molecule has 0 bridgehead atoms. The molecule has 2 heterocycles. The molecule has 2 N–H and O–H groups in total. The zero-order valence-electron chi connectivity index (χ0n) is 12.6. The van der Waals surface area contributed by atoms with Crippen LogP contribution >= 0.6 is 0 Å². The summed E-state index contributed by atoms with van der Waals surface area (Å²) in [4.78, 5) is 25.8. The molecule has 0 saturated carbocycles. The van der Waals surface area contributed by atoms with E-state index in [1.807, 2.05) is 12.1 Å². The molecule has 116 valence electrons. The van der Waals surface area contributed by atoms with Crippen LogP contribution in [0.25, 0.3) is 0 Å². The van der Waals surface area contributed by atoms with Crippen LogP contribution < -0.4 is 5.73 Å². The molecule has 7 heteroatoms. The fraction of sp³-hybridized carbons (Fsp3) is 0.250. The number of nitrogens with two attached hydrogens (primary N) is 1. The summed E-state index contributed by atoms with van der Waals surface area (Å²) < 4.78 is 1.42. The summed E-state index contributed by atoms with van der Waals surface area (Å²) in [6.45, 7) is 0.943. The molecule has 0 spiro atoms. The van der Waals surface area contributed by atoms with Gasteiger partial charge in [0.05, 0.1) is 11.6 Å². The number of amides is 2. The number of fused-ring (bicyclic) bond motifs is 1. The molecule has 1 aromatic heterocycles. The van der Waals surface area contributed by atoms with Crippen molar-refractivity contribution in [1.29, 1.82) is 5.26 Å². The van der Waals surface area contributed by atoms with E-state index in [9.17, 15) is 9.59 Å². The highest BCUT2D eigenvalue weighted by atomic mass is 16.2. The van der Waals surface area contributed by atoms with Crippen LogP contribution in [0, 0.1) is 11.3 Å². The summed E-state index contributed by atoms with van der Waals surface area (Å²) in [6.07, 6.45) is 0.545. The monoisotopic (exact) mass is 309 g/mol. The van der Waals surface area contributed by atoms with Crippen LogP contribution in [0.15, 0.2) is 24.3 Å². The number of carbonyl (C=O) groups excluding carboxylic acids is 2. The van der Waals surface area contributed by atoms with Crippen molar-refractivity contribution in [2.24, 2.45) is 12.8 Å². The second kappa shape index (κ2) is 5.57. The minimum Gasteiger partial charge on any atom is -0.364 e. The molecule has 7 nitrogen and oxygen atoms in total. The second-order valence-electron chi connectivity index (χ2n) is 5.45. The van der Waals surface area contributed by atoms with Crippen molar-refractivity contribution in [2.75, 3.05) is 6.54 Å². The molecule has 1 aliphatic rings. The minimum absolute atomic E-state index is 0.168. The van der Waals surface area contributed by atoms with Gasteiger partial charge in [0, 0.05) is 25.7 Å². The normalized spacial score (nSPS) is 13.6. The number of nitrogens with zero attached hydrogens (tertiary/aromatic N) is 4. The van der Waals surface area contributed by atoms with E-state index in [0.717, 1.165) is 5.56 Å². The van der Waals surface area contributed by atoms with Crippen LogP contribution in [0.4, 0.5) is 0 Å². The van der Waals surface area contributed by atoms with Crippen molar-refractivity contribution in [3.8, 4) is 6.07 Å². The summed E-state index contributed by atoms with van der Waals surface area (Å²) in [5, 5.41) is 12.9. The van der Waals surface area contributed by atoms with Crippen molar-refractivity contribution >= 4 is 11.8 Å². The fourth-order valence-corrected chi connectivity index (χ4v) is 2.82. The van der Waals surface area contributed by atoms with Crippen molar-refractivity contribution in [3.63, 3.8) is 0 Å². The summed E-state index contributed by atoms with van der Waals surface area (Å²) in [5.41, 5.74) is 8.06. The lowest BCUT2D eigenvalue weighted by atomic mass is 10.0. The Labute approximate surface area is 132 Å². The van der Waals surface area contributed by atoms with E-state index < -0.39 is 5.91 Å². The molecule has 1 aliphatic heterocycles. The first-order chi connectivity index (χ1) is 11.0. The molecule has 2 aromatic rings. The van der Waals surface area contributed by atoms with Gasteiger partial charge in [-0.3, -0.25) is 14.3 Å². The van der Waals surface area contributed by atoms with Gasteiger partial charge < -0.3 is 10.6 Å². The van der Waals surface area contributed by atoms with E-state index in [-0.39, 0.29) is 11.6 Å². The fourth-order valence-electron chi connectivity index (χ4n) is 2.82. The van der Waals surface area contributed by atoms with Gasteiger partial charge in [-0.15, -0.1) is 0 Å². The highest BCUT2D eigenvalue weighted by Crippen LogP contribution is 2.23. The van der Waals surface area contributed by atoms with Crippen molar-refractivity contribution < 1.29 is 9.59 Å². The third-order valence-electron chi connectivity index (χ3n) is 3.96. The van der Waals surface area contributed by atoms with E-state index in [2.05, 4.69) is 11.2 Å². The molecule has 0 fully saturated rings. The molecule has 23 heavy (non-hydrogen) atoms. The Morgan fingerprint density at radius 1 is 1.39 bits per heavy atom.